The van der Waals surface area contributed by atoms with E-state index in [1.807, 2.05) is 29.1 Å². The van der Waals surface area contributed by atoms with Crippen molar-refractivity contribution >= 4 is 10.9 Å². The van der Waals surface area contributed by atoms with E-state index in [0.29, 0.717) is 6.54 Å². The Kier molecular flexibility index (Phi) is 3.77. The molecule has 0 fully saturated rings. The first-order chi connectivity index (χ1) is 10.9. The van der Waals surface area contributed by atoms with Gasteiger partial charge in [-0.1, -0.05) is 52.0 Å². The molecule has 0 unspecified atom stereocenters. The number of nitrogens with two attached hydrogens (primary N) is 1. The highest BCUT2D eigenvalue weighted by Crippen LogP contribution is 2.41. The molecule has 3 aromatic rings. The molecule has 0 amide bonds. The molecule has 0 aliphatic carbocycles. The summed E-state index contributed by atoms with van der Waals surface area (Å²) in [5.41, 5.74) is 9.53. The fraction of sp³-hybridized carbons (Fsp3) is 0.350. The molecule has 0 aliphatic rings. The second kappa shape index (κ2) is 5.50. The Balaban J connectivity index is 2.09. The monoisotopic (exact) mass is 307 g/mol. The molecule has 2 aromatic carbocycles. The molecule has 0 bridgehead atoms. The summed E-state index contributed by atoms with van der Waals surface area (Å²) in [6.45, 7) is 9.64. The van der Waals surface area contributed by atoms with Gasteiger partial charge >= 0.3 is 0 Å². The Morgan fingerprint density at radius 3 is 2.35 bits per heavy atom. The van der Waals surface area contributed by atoms with Crippen LogP contribution in [0.2, 0.25) is 0 Å². The summed E-state index contributed by atoms with van der Waals surface area (Å²) < 4.78 is 1.99. The number of hydrogen-bond donors (Lipinski definition) is 1. The quantitative estimate of drug-likeness (QED) is 0.781. The second-order valence-electron chi connectivity index (χ2n) is 7.38. The van der Waals surface area contributed by atoms with Crippen LogP contribution in [0.3, 0.4) is 0 Å². The largest absolute Gasteiger partial charge is 0.330 e. The molecule has 120 valence electrons. The SMILES string of the molecule is CC(C)(CN)C(C)(C)c1ccc2c(cnn2-c2ccccc2)c1. The maximum absolute atomic E-state index is 6.01. The van der Waals surface area contributed by atoms with E-state index < -0.39 is 0 Å². The standard InChI is InChI=1S/C20H25N3/c1-19(2,14-21)20(3,4)16-10-11-18-15(12-16)13-22-23(18)17-8-6-5-7-9-17/h5-13H,14,21H2,1-4H3. The van der Waals surface area contributed by atoms with E-state index in [4.69, 9.17) is 5.73 Å². The van der Waals surface area contributed by atoms with Crippen molar-refractivity contribution in [2.75, 3.05) is 6.54 Å². The lowest BCUT2D eigenvalue weighted by atomic mass is 9.64. The van der Waals surface area contributed by atoms with Gasteiger partial charge in [-0.05, 0) is 47.2 Å². The van der Waals surface area contributed by atoms with Crippen LogP contribution in [0.4, 0.5) is 0 Å². The van der Waals surface area contributed by atoms with Crippen molar-refractivity contribution in [3.05, 3.63) is 60.3 Å². The van der Waals surface area contributed by atoms with Crippen molar-refractivity contribution in [3.63, 3.8) is 0 Å². The smallest absolute Gasteiger partial charge is 0.0741 e. The van der Waals surface area contributed by atoms with Crippen LogP contribution >= 0.6 is 0 Å². The van der Waals surface area contributed by atoms with Gasteiger partial charge in [-0.15, -0.1) is 0 Å². The Bertz CT molecular complexity index is 813. The van der Waals surface area contributed by atoms with E-state index in [1.165, 1.54) is 5.56 Å². The summed E-state index contributed by atoms with van der Waals surface area (Å²) >= 11 is 0. The normalized spacial score (nSPS) is 12.7. The molecule has 0 aliphatic heterocycles. The highest BCUT2D eigenvalue weighted by molar-refractivity contribution is 5.81. The average molecular weight is 307 g/mol. The molecule has 0 saturated carbocycles. The summed E-state index contributed by atoms with van der Waals surface area (Å²) in [6.07, 6.45) is 1.94. The van der Waals surface area contributed by atoms with Gasteiger partial charge in [-0.2, -0.15) is 5.10 Å². The van der Waals surface area contributed by atoms with E-state index in [9.17, 15) is 0 Å². The molecule has 1 aromatic heterocycles. The fourth-order valence-electron chi connectivity index (χ4n) is 2.84. The molecule has 1 heterocycles. The van der Waals surface area contributed by atoms with Gasteiger partial charge in [0.15, 0.2) is 0 Å². The first-order valence-electron chi connectivity index (χ1n) is 8.10. The number of para-hydroxylation sites is 1. The topological polar surface area (TPSA) is 43.8 Å². The van der Waals surface area contributed by atoms with Gasteiger partial charge in [-0.3, -0.25) is 0 Å². The third-order valence-electron chi connectivity index (χ3n) is 5.49. The fourth-order valence-corrected chi connectivity index (χ4v) is 2.84. The lowest BCUT2D eigenvalue weighted by molar-refractivity contribution is 0.207. The molecule has 0 saturated heterocycles. The number of rotatable bonds is 4. The van der Waals surface area contributed by atoms with Crippen LogP contribution in [0.15, 0.2) is 54.7 Å². The van der Waals surface area contributed by atoms with Crippen LogP contribution in [-0.2, 0) is 5.41 Å². The highest BCUT2D eigenvalue weighted by Gasteiger charge is 2.37. The summed E-state index contributed by atoms with van der Waals surface area (Å²) in [6, 6.07) is 16.8. The van der Waals surface area contributed by atoms with Crippen LogP contribution in [-0.4, -0.2) is 16.3 Å². The van der Waals surface area contributed by atoms with E-state index in [2.05, 4.69) is 63.1 Å². The zero-order chi connectivity index (χ0) is 16.7. The minimum Gasteiger partial charge on any atom is -0.330 e. The lowest BCUT2D eigenvalue weighted by Gasteiger charge is -2.41. The van der Waals surface area contributed by atoms with Crippen LogP contribution < -0.4 is 5.73 Å². The van der Waals surface area contributed by atoms with E-state index in [1.54, 1.807) is 0 Å². The Morgan fingerprint density at radius 2 is 1.70 bits per heavy atom. The number of benzene rings is 2. The summed E-state index contributed by atoms with van der Waals surface area (Å²) in [4.78, 5) is 0. The van der Waals surface area contributed by atoms with Crippen molar-refractivity contribution in [2.45, 2.75) is 33.1 Å². The van der Waals surface area contributed by atoms with Crippen LogP contribution in [0.5, 0.6) is 0 Å². The van der Waals surface area contributed by atoms with Crippen molar-refractivity contribution in [2.24, 2.45) is 11.1 Å². The van der Waals surface area contributed by atoms with Gasteiger partial charge in [0.1, 0.15) is 0 Å². The maximum atomic E-state index is 6.01. The maximum Gasteiger partial charge on any atom is 0.0741 e. The summed E-state index contributed by atoms with van der Waals surface area (Å²) in [5, 5.41) is 5.72. The zero-order valence-corrected chi connectivity index (χ0v) is 14.4. The van der Waals surface area contributed by atoms with Gasteiger partial charge in [-0.25, -0.2) is 4.68 Å². The van der Waals surface area contributed by atoms with Crippen LogP contribution in [0.25, 0.3) is 16.6 Å². The van der Waals surface area contributed by atoms with Crippen molar-refractivity contribution in [1.29, 1.82) is 0 Å². The van der Waals surface area contributed by atoms with Gasteiger partial charge in [0, 0.05) is 5.39 Å². The molecule has 3 rings (SSSR count). The predicted molar refractivity (Wildman–Crippen MR) is 96.9 cm³/mol. The molecule has 23 heavy (non-hydrogen) atoms. The molecular formula is C20H25N3. The number of fused-ring (bicyclic) bond motifs is 1. The Labute approximate surface area is 138 Å². The highest BCUT2D eigenvalue weighted by atomic mass is 15.3. The van der Waals surface area contributed by atoms with Crippen molar-refractivity contribution < 1.29 is 0 Å². The van der Waals surface area contributed by atoms with Crippen LogP contribution in [0.1, 0.15) is 33.3 Å². The average Bonchev–Trinajstić information content (AvgIpc) is 2.98. The summed E-state index contributed by atoms with van der Waals surface area (Å²) in [5.74, 6) is 0. The molecule has 3 nitrogen and oxygen atoms in total. The first-order valence-corrected chi connectivity index (χ1v) is 8.10. The van der Waals surface area contributed by atoms with E-state index in [-0.39, 0.29) is 10.8 Å². The Hall–Kier alpha value is -2.13. The second-order valence-corrected chi connectivity index (χ2v) is 7.38. The number of hydrogen-bond acceptors (Lipinski definition) is 2. The number of nitrogens with zero attached hydrogens (tertiary/aromatic N) is 2. The molecular weight excluding hydrogens is 282 g/mol. The Morgan fingerprint density at radius 1 is 1.00 bits per heavy atom. The summed E-state index contributed by atoms with van der Waals surface area (Å²) in [7, 11) is 0. The van der Waals surface area contributed by atoms with Crippen molar-refractivity contribution in [1.82, 2.24) is 9.78 Å². The molecule has 0 atom stereocenters. The third-order valence-corrected chi connectivity index (χ3v) is 5.49. The zero-order valence-electron chi connectivity index (χ0n) is 14.4. The van der Waals surface area contributed by atoms with Gasteiger partial charge in [0.05, 0.1) is 17.4 Å². The van der Waals surface area contributed by atoms with E-state index >= 15 is 0 Å². The minimum absolute atomic E-state index is 0.00914. The molecule has 0 radical (unpaired) electrons. The molecule has 0 spiro atoms. The van der Waals surface area contributed by atoms with Gasteiger partial charge in [0.25, 0.3) is 0 Å². The minimum atomic E-state index is -0.00914. The van der Waals surface area contributed by atoms with Gasteiger partial charge < -0.3 is 5.73 Å². The van der Waals surface area contributed by atoms with Crippen LogP contribution in [0, 0.1) is 5.41 Å². The first kappa shape index (κ1) is 15.8. The third kappa shape index (κ3) is 2.55. The lowest BCUT2D eigenvalue weighted by Crippen LogP contribution is -2.42. The van der Waals surface area contributed by atoms with Gasteiger partial charge in [0.2, 0.25) is 0 Å². The molecule has 3 heteroatoms. The van der Waals surface area contributed by atoms with Crippen molar-refractivity contribution in [3.8, 4) is 5.69 Å². The van der Waals surface area contributed by atoms with E-state index in [0.717, 1.165) is 16.6 Å². The molecule has 2 N–H and O–H groups in total. The predicted octanol–water partition coefficient (Wildman–Crippen LogP) is 4.29. The number of aromatic nitrogens is 2.